The third-order valence-corrected chi connectivity index (χ3v) is 3.08. The highest BCUT2D eigenvalue weighted by atomic mass is 32.1. The van der Waals surface area contributed by atoms with Crippen LogP contribution in [0.4, 0.5) is 0 Å². The van der Waals surface area contributed by atoms with Gasteiger partial charge in [-0.1, -0.05) is 13.8 Å². The molecule has 1 rings (SSSR count). The Hall–Kier alpha value is -0.450. The molecule has 86 valence electrons. The van der Waals surface area contributed by atoms with E-state index in [9.17, 15) is 0 Å². The van der Waals surface area contributed by atoms with E-state index in [1.54, 1.807) is 11.3 Å². The molecule has 0 amide bonds. The summed E-state index contributed by atoms with van der Waals surface area (Å²) in [4.78, 5) is 4.24. The van der Waals surface area contributed by atoms with Crippen molar-refractivity contribution >= 4 is 11.3 Å². The molecule has 0 saturated carbocycles. The van der Waals surface area contributed by atoms with Gasteiger partial charge >= 0.3 is 0 Å². The zero-order valence-electron chi connectivity index (χ0n) is 9.69. The van der Waals surface area contributed by atoms with Gasteiger partial charge in [-0.3, -0.25) is 0 Å². The van der Waals surface area contributed by atoms with E-state index < -0.39 is 0 Å². The second kappa shape index (κ2) is 6.93. The van der Waals surface area contributed by atoms with Crippen molar-refractivity contribution in [2.45, 2.75) is 33.4 Å². The van der Waals surface area contributed by atoms with Crippen LogP contribution in [0.25, 0.3) is 0 Å². The van der Waals surface area contributed by atoms with Crippen LogP contribution in [0, 0.1) is 5.92 Å². The third kappa shape index (κ3) is 4.73. The average molecular weight is 228 g/mol. The first-order valence-electron chi connectivity index (χ1n) is 5.43. The van der Waals surface area contributed by atoms with E-state index in [2.05, 4.69) is 24.1 Å². The first-order valence-corrected chi connectivity index (χ1v) is 6.31. The lowest BCUT2D eigenvalue weighted by atomic mass is 10.1. The fraction of sp³-hybridized carbons (Fsp3) is 0.727. The maximum atomic E-state index is 5.45. The van der Waals surface area contributed by atoms with E-state index in [0.29, 0.717) is 12.0 Å². The molecule has 0 aliphatic carbocycles. The van der Waals surface area contributed by atoms with E-state index in [1.807, 2.05) is 18.5 Å². The number of ether oxygens (including phenoxy) is 1. The van der Waals surface area contributed by atoms with Crippen molar-refractivity contribution in [1.29, 1.82) is 0 Å². The van der Waals surface area contributed by atoms with Crippen molar-refractivity contribution < 1.29 is 4.74 Å². The van der Waals surface area contributed by atoms with Crippen LogP contribution in [-0.4, -0.2) is 24.2 Å². The van der Waals surface area contributed by atoms with Gasteiger partial charge in [0.1, 0.15) is 5.01 Å². The summed E-state index contributed by atoms with van der Waals surface area (Å²) in [6, 6.07) is 0.411. The van der Waals surface area contributed by atoms with Crippen LogP contribution in [-0.2, 0) is 11.3 Å². The molecule has 0 bridgehead atoms. The predicted molar refractivity (Wildman–Crippen MR) is 64.1 cm³/mol. The van der Waals surface area contributed by atoms with Crippen LogP contribution in [0.5, 0.6) is 0 Å². The lowest BCUT2D eigenvalue weighted by molar-refractivity contribution is 0.108. The van der Waals surface area contributed by atoms with Gasteiger partial charge in [0, 0.05) is 30.8 Å². The topological polar surface area (TPSA) is 34.1 Å². The summed E-state index contributed by atoms with van der Waals surface area (Å²) in [6.07, 6.45) is 1.84. The number of hydrogen-bond donors (Lipinski definition) is 1. The van der Waals surface area contributed by atoms with Crippen LogP contribution in [0.2, 0.25) is 0 Å². The minimum atomic E-state index is 0.411. The van der Waals surface area contributed by atoms with E-state index in [0.717, 1.165) is 24.8 Å². The number of aromatic nitrogens is 1. The second-order valence-corrected chi connectivity index (χ2v) is 4.80. The molecule has 0 radical (unpaired) electrons. The smallest absolute Gasteiger partial charge is 0.106 e. The molecule has 0 saturated heterocycles. The molecule has 1 aromatic heterocycles. The predicted octanol–water partition coefficient (Wildman–Crippen LogP) is 2.29. The summed E-state index contributed by atoms with van der Waals surface area (Å²) in [5.41, 5.74) is 0. The van der Waals surface area contributed by atoms with E-state index >= 15 is 0 Å². The van der Waals surface area contributed by atoms with Crippen LogP contribution in [0.15, 0.2) is 11.6 Å². The summed E-state index contributed by atoms with van der Waals surface area (Å²) in [7, 11) is 0. The van der Waals surface area contributed by atoms with Gasteiger partial charge in [-0.15, -0.1) is 11.3 Å². The highest BCUT2D eigenvalue weighted by molar-refractivity contribution is 7.09. The summed E-state index contributed by atoms with van der Waals surface area (Å²) in [6.45, 7) is 8.84. The van der Waals surface area contributed by atoms with Crippen molar-refractivity contribution in [2.24, 2.45) is 5.92 Å². The number of nitrogens with one attached hydrogen (secondary N) is 1. The second-order valence-electron chi connectivity index (χ2n) is 3.82. The molecule has 4 heteroatoms. The molecule has 1 unspecified atom stereocenters. The Labute approximate surface area is 95.9 Å². The minimum Gasteiger partial charge on any atom is -0.380 e. The quantitative estimate of drug-likeness (QED) is 0.777. The first kappa shape index (κ1) is 12.6. The molecule has 0 aliphatic heterocycles. The maximum Gasteiger partial charge on any atom is 0.106 e. The molecule has 1 N–H and O–H groups in total. The van der Waals surface area contributed by atoms with Gasteiger partial charge in [0.15, 0.2) is 0 Å². The van der Waals surface area contributed by atoms with Crippen LogP contribution < -0.4 is 5.32 Å². The zero-order chi connectivity index (χ0) is 11.1. The van der Waals surface area contributed by atoms with Gasteiger partial charge in [0.25, 0.3) is 0 Å². The molecule has 1 atom stereocenters. The van der Waals surface area contributed by atoms with Gasteiger partial charge in [-0.2, -0.15) is 0 Å². The lowest BCUT2D eigenvalue weighted by Crippen LogP contribution is -2.37. The molecule has 0 spiro atoms. The van der Waals surface area contributed by atoms with Crippen LogP contribution >= 0.6 is 11.3 Å². The summed E-state index contributed by atoms with van der Waals surface area (Å²) in [5, 5.41) is 6.62. The Kier molecular flexibility index (Phi) is 5.83. The molecule has 1 aromatic rings. The SMILES string of the molecule is CCOCC(NCc1nccs1)C(C)C. The number of nitrogens with zero attached hydrogens (tertiary/aromatic N) is 1. The number of thiazole rings is 1. The molecular formula is C11H20N2OS. The van der Waals surface area contributed by atoms with Gasteiger partial charge in [0.2, 0.25) is 0 Å². The van der Waals surface area contributed by atoms with Crippen molar-refractivity contribution in [3.63, 3.8) is 0 Å². The highest BCUT2D eigenvalue weighted by Gasteiger charge is 2.12. The minimum absolute atomic E-state index is 0.411. The Morgan fingerprint density at radius 1 is 1.53 bits per heavy atom. The molecule has 1 heterocycles. The molecular weight excluding hydrogens is 208 g/mol. The highest BCUT2D eigenvalue weighted by Crippen LogP contribution is 2.07. The fourth-order valence-electron chi connectivity index (χ4n) is 1.29. The Balaban J connectivity index is 2.31. The molecule has 15 heavy (non-hydrogen) atoms. The number of hydrogen-bond acceptors (Lipinski definition) is 4. The summed E-state index contributed by atoms with van der Waals surface area (Å²) in [5.74, 6) is 0.580. The zero-order valence-corrected chi connectivity index (χ0v) is 10.5. The monoisotopic (exact) mass is 228 g/mol. The van der Waals surface area contributed by atoms with Crippen molar-refractivity contribution in [1.82, 2.24) is 10.3 Å². The van der Waals surface area contributed by atoms with Crippen LogP contribution in [0.3, 0.4) is 0 Å². The summed E-state index contributed by atoms with van der Waals surface area (Å²) < 4.78 is 5.45. The Bertz CT molecular complexity index is 249. The fourth-order valence-corrected chi connectivity index (χ4v) is 1.86. The molecule has 0 aromatic carbocycles. The Morgan fingerprint density at radius 3 is 2.87 bits per heavy atom. The van der Waals surface area contributed by atoms with Crippen molar-refractivity contribution in [2.75, 3.05) is 13.2 Å². The lowest BCUT2D eigenvalue weighted by Gasteiger charge is -2.21. The maximum absolute atomic E-state index is 5.45. The van der Waals surface area contributed by atoms with Gasteiger partial charge in [0.05, 0.1) is 6.61 Å². The van der Waals surface area contributed by atoms with Gasteiger partial charge in [-0.25, -0.2) is 4.98 Å². The molecule has 0 aliphatic rings. The number of rotatable bonds is 7. The van der Waals surface area contributed by atoms with Crippen LogP contribution in [0.1, 0.15) is 25.8 Å². The summed E-state index contributed by atoms with van der Waals surface area (Å²) >= 11 is 1.69. The largest absolute Gasteiger partial charge is 0.380 e. The average Bonchev–Trinajstić information content (AvgIpc) is 2.70. The molecule has 3 nitrogen and oxygen atoms in total. The first-order chi connectivity index (χ1) is 7.24. The normalized spacial score (nSPS) is 13.3. The van der Waals surface area contributed by atoms with Gasteiger partial charge in [-0.05, 0) is 12.8 Å². The standard InChI is InChI=1S/C11H20N2OS/c1-4-14-8-10(9(2)3)13-7-11-12-5-6-15-11/h5-6,9-10,13H,4,7-8H2,1-3H3. The van der Waals surface area contributed by atoms with Crippen molar-refractivity contribution in [3.8, 4) is 0 Å². The molecule has 0 fully saturated rings. The van der Waals surface area contributed by atoms with E-state index in [4.69, 9.17) is 4.74 Å². The third-order valence-electron chi connectivity index (χ3n) is 2.31. The van der Waals surface area contributed by atoms with Gasteiger partial charge < -0.3 is 10.1 Å². The Morgan fingerprint density at radius 2 is 2.33 bits per heavy atom. The van der Waals surface area contributed by atoms with E-state index in [1.165, 1.54) is 0 Å². The van der Waals surface area contributed by atoms with Crippen molar-refractivity contribution in [3.05, 3.63) is 16.6 Å². The van der Waals surface area contributed by atoms with E-state index in [-0.39, 0.29) is 0 Å².